The van der Waals surface area contributed by atoms with Gasteiger partial charge in [0.1, 0.15) is 17.4 Å². The zero-order valence-electron chi connectivity index (χ0n) is 19.6. The van der Waals surface area contributed by atoms with Gasteiger partial charge in [0.25, 0.3) is 11.1 Å². The van der Waals surface area contributed by atoms with Crippen molar-refractivity contribution in [1.29, 1.82) is 0 Å². The fraction of sp³-hybridized carbons (Fsp3) is 0.440. The van der Waals surface area contributed by atoms with Gasteiger partial charge < -0.3 is 14.7 Å². The lowest BCUT2D eigenvalue weighted by Crippen LogP contribution is -2.19. The molecule has 7 nitrogen and oxygen atoms in total. The van der Waals surface area contributed by atoms with E-state index in [0.29, 0.717) is 66.4 Å². The summed E-state index contributed by atoms with van der Waals surface area (Å²) in [5.41, 5.74) is 4.16. The van der Waals surface area contributed by atoms with Gasteiger partial charge in [-0.15, -0.1) is 0 Å². The molecule has 32 heavy (non-hydrogen) atoms. The normalized spacial score (nSPS) is 11.0. The largest absolute Gasteiger partial charge is 0.493 e. The molecule has 3 aromatic rings. The molecule has 0 atom stereocenters. The molecule has 2 N–H and O–H groups in total. The van der Waals surface area contributed by atoms with Crippen molar-refractivity contribution in [3.63, 3.8) is 0 Å². The van der Waals surface area contributed by atoms with Crippen LogP contribution in [0.1, 0.15) is 63.6 Å². The number of nitrogens with one attached hydrogen (secondary N) is 2. The lowest BCUT2D eigenvalue weighted by molar-refractivity contribution is 0.318. The van der Waals surface area contributed by atoms with E-state index in [2.05, 4.69) is 9.97 Å². The number of rotatable bonds is 9. The number of nitrogens with zero attached hydrogens (tertiary/aromatic N) is 2. The van der Waals surface area contributed by atoms with E-state index in [1.807, 2.05) is 52.8 Å². The Morgan fingerprint density at radius 1 is 0.781 bits per heavy atom. The van der Waals surface area contributed by atoms with E-state index in [9.17, 15) is 9.59 Å². The van der Waals surface area contributed by atoms with Gasteiger partial charge in [0.2, 0.25) is 0 Å². The average Bonchev–Trinajstić information content (AvgIpc) is 2.81. The Bertz CT molecular complexity index is 1210. The maximum Gasteiger partial charge on any atom is 0.254 e. The first kappa shape index (κ1) is 23.4. The van der Waals surface area contributed by atoms with Crippen LogP contribution in [-0.4, -0.2) is 26.5 Å². The van der Waals surface area contributed by atoms with Crippen molar-refractivity contribution in [2.45, 2.75) is 66.7 Å². The van der Waals surface area contributed by atoms with Gasteiger partial charge in [0.05, 0.1) is 23.6 Å². The van der Waals surface area contributed by atoms with Crippen molar-refractivity contribution >= 4 is 0 Å². The molecule has 2 aromatic heterocycles. The summed E-state index contributed by atoms with van der Waals surface area (Å²) in [5, 5.41) is 0. The fourth-order valence-corrected chi connectivity index (χ4v) is 3.87. The van der Waals surface area contributed by atoms with Gasteiger partial charge in [-0.05, 0) is 50.3 Å². The fourth-order valence-electron chi connectivity index (χ4n) is 3.87. The van der Waals surface area contributed by atoms with Crippen molar-refractivity contribution in [3.05, 3.63) is 61.4 Å². The van der Waals surface area contributed by atoms with Crippen LogP contribution in [0, 0.1) is 0 Å². The molecule has 2 heterocycles. The summed E-state index contributed by atoms with van der Waals surface area (Å²) in [6.07, 6.45) is 3.46. The van der Waals surface area contributed by atoms with Crippen LogP contribution in [0.3, 0.4) is 0 Å². The first-order valence-corrected chi connectivity index (χ1v) is 11.5. The molecule has 0 unspecified atom stereocenters. The van der Waals surface area contributed by atoms with E-state index >= 15 is 0 Å². The average molecular weight is 437 g/mol. The predicted molar refractivity (Wildman–Crippen MR) is 127 cm³/mol. The third-order valence-corrected chi connectivity index (χ3v) is 5.55. The van der Waals surface area contributed by atoms with Crippen LogP contribution >= 0.6 is 0 Å². The molecule has 0 aliphatic heterocycles. The van der Waals surface area contributed by atoms with Crippen molar-refractivity contribution in [3.8, 4) is 28.5 Å². The number of aromatic amines is 2. The molecule has 0 fully saturated rings. The van der Waals surface area contributed by atoms with Gasteiger partial charge >= 0.3 is 0 Å². The molecule has 0 aliphatic carbocycles. The topological polar surface area (TPSA) is 101 Å². The molecule has 3 rings (SSSR count). The highest BCUT2D eigenvalue weighted by Crippen LogP contribution is 2.32. The number of hydrogen-bond donors (Lipinski definition) is 2. The van der Waals surface area contributed by atoms with Crippen LogP contribution in [0.15, 0.2) is 27.8 Å². The summed E-state index contributed by atoms with van der Waals surface area (Å²) in [7, 11) is 0. The minimum Gasteiger partial charge on any atom is -0.493 e. The first-order chi connectivity index (χ1) is 15.5. The number of aryl methyl sites for hydroxylation is 2. The Balaban J connectivity index is 2.22. The van der Waals surface area contributed by atoms with Crippen molar-refractivity contribution in [1.82, 2.24) is 19.9 Å². The lowest BCUT2D eigenvalue weighted by Gasteiger charge is -2.14. The van der Waals surface area contributed by atoms with Crippen LogP contribution in [0.2, 0.25) is 0 Å². The minimum absolute atomic E-state index is 0.116. The van der Waals surface area contributed by atoms with E-state index in [1.165, 1.54) is 0 Å². The molecule has 7 heteroatoms. The molecule has 0 radical (unpaired) electrons. The lowest BCUT2D eigenvalue weighted by atomic mass is 10.1. The van der Waals surface area contributed by atoms with Crippen LogP contribution in [0.5, 0.6) is 5.75 Å². The molecule has 0 bridgehead atoms. The van der Waals surface area contributed by atoms with Gasteiger partial charge in [-0.1, -0.05) is 34.6 Å². The number of hydrogen-bond acceptors (Lipinski definition) is 5. The van der Waals surface area contributed by atoms with Crippen LogP contribution in [-0.2, 0) is 25.7 Å². The molecule has 0 saturated heterocycles. The smallest absolute Gasteiger partial charge is 0.254 e. The van der Waals surface area contributed by atoms with Crippen molar-refractivity contribution < 1.29 is 4.74 Å². The van der Waals surface area contributed by atoms with Crippen molar-refractivity contribution in [2.24, 2.45) is 0 Å². The Morgan fingerprint density at radius 3 is 1.88 bits per heavy atom. The third-order valence-electron chi connectivity index (χ3n) is 5.55. The number of benzene rings is 1. The summed E-state index contributed by atoms with van der Waals surface area (Å²) in [4.78, 5) is 40.6. The van der Waals surface area contributed by atoms with E-state index in [4.69, 9.17) is 14.7 Å². The zero-order chi connectivity index (χ0) is 23.3. The van der Waals surface area contributed by atoms with E-state index in [1.54, 1.807) is 0 Å². The van der Waals surface area contributed by atoms with E-state index in [-0.39, 0.29) is 11.1 Å². The highest BCUT2D eigenvalue weighted by Gasteiger charge is 2.17. The van der Waals surface area contributed by atoms with Crippen LogP contribution in [0.25, 0.3) is 22.8 Å². The Labute approximate surface area is 188 Å². The summed E-state index contributed by atoms with van der Waals surface area (Å²) >= 11 is 0. The third kappa shape index (κ3) is 4.66. The highest BCUT2D eigenvalue weighted by atomic mass is 16.5. The molecular weight excluding hydrogens is 404 g/mol. The summed E-state index contributed by atoms with van der Waals surface area (Å²) in [6, 6.07) is 5.59. The predicted octanol–water partition coefficient (Wildman–Crippen LogP) is 4.23. The second kappa shape index (κ2) is 10.4. The Morgan fingerprint density at radius 2 is 1.34 bits per heavy atom. The molecule has 0 aliphatic rings. The van der Waals surface area contributed by atoms with E-state index in [0.717, 1.165) is 23.4 Å². The Kier molecular flexibility index (Phi) is 7.62. The number of H-pyrrole nitrogens is 2. The first-order valence-electron chi connectivity index (χ1n) is 11.5. The monoisotopic (exact) mass is 436 g/mol. The van der Waals surface area contributed by atoms with Crippen molar-refractivity contribution in [2.75, 3.05) is 6.61 Å². The molecule has 0 amide bonds. The molecular formula is C25H32N4O3. The molecule has 0 saturated carbocycles. The zero-order valence-corrected chi connectivity index (χ0v) is 19.6. The molecule has 0 spiro atoms. The Hall–Kier alpha value is -3.22. The maximum absolute atomic E-state index is 12.7. The van der Waals surface area contributed by atoms with Gasteiger partial charge in [0, 0.05) is 16.7 Å². The summed E-state index contributed by atoms with van der Waals surface area (Å²) in [6.45, 7) is 10.5. The van der Waals surface area contributed by atoms with E-state index < -0.39 is 0 Å². The second-order valence-electron chi connectivity index (χ2n) is 7.65. The number of ether oxygens (including phenoxy) is 1. The minimum atomic E-state index is -0.131. The molecule has 1 aromatic carbocycles. The summed E-state index contributed by atoms with van der Waals surface area (Å²) in [5.74, 6) is 1.59. The van der Waals surface area contributed by atoms with Crippen LogP contribution < -0.4 is 15.9 Å². The van der Waals surface area contributed by atoms with Gasteiger partial charge in [0.15, 0.2) is 0 Å². The standard InChI is InChI=1S/C25H32N4O3/c1-6-13-32-21-12-11-15(22-26-19(9-4)16(7-2)24(30)28-22)14-18(21)23-27-20(10-5)17(8-3)25(31)29-23/h11-12,14H,6-10,13H2,1-5H3,(H,26,28,30)(H,27,29,31). The highest BCUT2D eigenvalue weighted by molar-refractivity contribution is 5.72. The van der Waals surface area contributed by atoms with Gasteiger partial charge in [-0.25, -0.2) is 9.97 Å². The quantitative estimate of drug-likeness (QED) is 0.523. The van der Waals surface area contributed by atoms with Crippen LogP contribution in [0.4, 0.5) is 0 Å². The van der Waals surface area contributed by atoms with Gasteiger partial charge in [-0.3, -0.25) is 9.59 Å². The van der Waals surface area contributed by atoms with Gasteiger partial charge in [-0.2, -0.15) is 0 Å². The summed E-state index contributed by atoms with van der Waals surface area (Å²) < 4.78 is 5.95. The molecule has 170 valence electrons. The SMILES string of the molecule is CCCOc1ccc(-c2nc(CC)c(CC)c(=O)[nH]2)cc1-c1nc(CC)c(CC)c(=O)[nH]1. The second-order valence-corrected chi connectivity index (χ2v) is 7.65. The number of aromatic nitrogens is 4. The maximum atomic E-state index is 12.7.